The van der Waals surface area contributed by atoms with Crippen LogP contribution in [0.3, 0.4) is 0 Å². The number of nitrogens with two attached hydrogens (primary N) is 1. The van der Waals surface area contributed by atoms with Crippen molar-refractivity contribution in [2.45, 2.75) is 4.90 Å². The molecule has 0 aliphatic heterocycles. The number of hydrogen-bond acceptors (Lipinski definition) is 6. The van der Waals surface area contributed by atoms with E-state index >= 15 is 0 Å². The van der Waals surface area contributed by atoms with Crippen LogP contribution >= 0.6 is 0 Å². The summed E-state index contributed by atoms with van der Waals surface area (Å²) in [4.78, 5) is 8.61. The van der Waals surface area contributed by atoms with Crippen LogP contribution < -0.4 is 9.86 Å². The monoisotopic (exact) mass is 327 g/mol. The maximum absolute atomic E-state index is 13.3. The molecule has 0 radical (unpaired) electrons. The lowest BCUT2D eigenvalue weighted by atomic mass is 10.3. The molecule has 3 N–H and O–H groups in total. The lowest BCUT2D eigenvalue weighted by Crippen LogP contribution is -2.32. The summed E-state index contributed by atoms with van der Waals surface area (Å²) in [5.41, 5.74) is -1.21. The lowest BCUT2D eigenvalue weighted by molar-refractivity contribution is -0.390. The molecule has 1 aromatic carbocycles. The minimum absolute atomic E-state index is 0.588. The fraction of sp³-hybridized carbons (Fsp3) is 0.250. The van der Waals surface area contributed by atoms with Crippen LogP contribution in [-0.2, 0) is 20.0 Å². The first kappa shape index (κ1) is 16.4. The summed E-state index contributed by atoms with van der Waals surface area (Å²) in [5.74, 6) is -2.01. The standard InChI is InChI=1S/C8H10FN3O6S2/c9-6-2-1-3-7(8(6)12(13)14)20(17,18)11-4-5-19(10,15)16/h1-3,11H,4-5H2,(H2,10,15,16). The molecule has 1 rings (SSSR count). The SMILES string of the molecule is NS(=O)(=O)CCNS(=O)(=O)c1cccc(F)c1[N+](=O)[O-]. The average molecular weight is 327 g/mol. The Hall–Kier alpha value is -1.63. The topological polar surface area (TPSA) is 149 Å². The van der Waals surface area contributed by atoms with Gasteiger partial charge >= 0.3 is 5.69 Å². The van der Waals surface area contributed by atoms with Gasteiger partial charge in [0.15, 0.2) is 4.90 Å². The van der Waals surface area contributed by atoms with E-state index < -0.39 is 53.7 Å². The molecule has 0 atom stereocenters. The molecule has 0 saturated carbocycles. The molecule has 0 aromatic heterocycles. The highest BCUT2D eigenvalue weighted by molar-refractivity contribution is 7.90. The zero-order chi connectivity index (χ0) is 15.6. The Morgan fingerprint density at radius 2 is 1.90 bits per heavy atom. The van der Waals surface area contributed by atoms with Gasteiger partial charge in [-0.05, 0) is 12.1 Å². The Morgan fingerprint density at radius 3 is 2.40 bits per heavy atom. The van der Waals surface area contributed by atoms with Gasteiger partial charge in [-0.3, -0.25) is 10.1 Å². The van der Waals surface area contributed by atoms with Crippen molar-refractivity contribution in [3.8, 4) is 0 Å². The van der Waals surface area contributed by atoms with Crippen molar-refractivity contribution < 1.29 is 26.1 Å². The third kappa shape index (κ3) is 4.19. The molecule has 0 unspecified atom stereocenters. The zero-order valence-electron chi connectivity index (χ0n) is 9.81. The second-order valence-corrected chi connectivity index (χ2v) is 7.08. The number of primary sulfonamides is 1. The second-order valence-electron chi connectivity index (χ2n) is 3.61. The summed E-state index contributed by atoms with van der Waals surface area (Å²) in [5, 5.41) is 15.4. The van der Waals surface area contributed by atoms with Crippen LogP contribution in [0.15, 0.2) is 23.1 Å². The number of nitro benzene ring substituents is 1. The van der Waals surface area contributed by atoms with Crippen LogP contribution in [0, 0.1) is 15.9 Å². The Labute approximate surface area is 113 Å². The molecule has 112 valence electrons. The third-order valence-corrected chi connectivity index (χ3v) is 4.37. The Morgan fingerprint density at radius 1 is 1.30 bits per heavy atom. The van der Waals surface area contributed by atoms with Crippen LogP contribution in [0.1, 0.15) is 0 Å². The van der Waals surface area contributed by atoms with Gasteiger partial charge in [0.2, 0.25) is 25.9 Å². The van der Waals surface area contributed by atoms with Crippen molar-refractivity contribution in [3.05, 3.63) is 34.1 Å². The van der Waals surface area contributed by atoms with E-state index in [0.717, 1.165) is 18.2 Å². The average Bonchev–Trinajstić information content (AvgIpc) is 2.25. The molecule has 9 nitrogen and oxygen atoms in total. The molecule has 1 aromatic rings. The predicted octanol–water partition coefficient (Wildman–Crippen LogP) is -0.699. The predicted molar refractivity (Wildman–Crippen MR) is 66.2 cm³/mol. The highest BCUT2D eigenvalue weighted by Gasteiger charge is 2.29. The maximum Gasteiger partial charge on any atom is 0.324 e. The first-order chi connectivity index (χ1) is 9.04. The fourth-order valence-corrected chi connectivity index (χ4v) is 3.01. The summed E-state index contributed by atoms with van der Waals surface area (Å²) < 4.78 is 60.0. The van der Waals surface area contributed by atoms with Crippen LogP contribution in [0.25, 0.3) is 0 Å². The molecule has 0 amide bonds. The smallest absolute Gasteiger partial charge is 0.258 e. The molecule has 12 heteroatoms. The molecule has 0 aliphatic rings. The second kappa shape index (κ2) is 5.78. The fourth-order valence-electron chi connectivity index (χ4n) is 1.29. The van der Waals surface area contributed by atoms with Gasteiger partial charge in [0, 0.05) is 6.54 Å². The Bertz CT molecular complexity index is 731. The van der Waals surface area contributed by atoms with Gasteiger partial charge in [0.05, 0.1) is 10.7 Å². The number of benzene rings is 1. The van der Waals surface area contributed by atoms with Crippen molar-refractivity contribution in [3.63, 3.8) is 0 Å². The van der Waals surface area contributed by atoms with Gasteiger partial charge in [-0.1, -0.05) is 6.07 Å². The lowest BCUT2D eigenvalue weighted by Gasteiger charge is -2.07. The molecule has 0 heterocycles. The summed E-state index contributed by atoms with van der Waals surface area (Å²) in [6.45, 7) is -0.588. The van der Waals surface area contributed by atoms with E-state index in [1.165, 1.54) is 0 Å². The Kier molecular flexibility index (Phi) is 4.75. The normalized spacial score (nSPS) is 12.3. The molecule has 0 spiro atoms. The van der Waals surface area contributed by atoms with Crippen LogP contribution in [0.5, 0.6) is 0 Å². The molecular formula is C8H10FN3O6S2. The van der Waals surface area contributed by atoms with Crippen LogP contribution in [-0.4, -0.2) is 34.1 Å². The first-order valence-electron chi connectivity index (χ1n) is 4.97. The number of hydrogen-bond donors (Lipinski definition) is 2. The highest BCUT2D eigenvalue weighted by atomic mass is 32.2. The minimum atomic E-state index is -4.43. The van der Waals surface area contributed by atoms with Gasteiger partial charge in [-0.25, -0.2) is 26.7 Å². The van der Waals surface area contributed by atoms with Crippen LogP contribution in [0.2, 0.25) is 0 Å². The van der Waals surface area contributed by atoms with E-state index in [1.54, 1.807) is 4.72 Å². The van der Waals surface area contributed by atoms with Gasteiger partial charge in [-0.15, -0.1) is 0 Å². The number of sulfonamides is 2. The molecule has 0 saturated heterocycles. The van der Waals surface area contributed by atoms with Gasteiger partial charge in [0.25, 0.3) is 0 Å². The molecule has 20 heavy (non-hydrogen) atoms. The van der Waals surface area contributed by atoms with Crippen molar-refractivity contribution >= 4 is 25.7 Å². The van der Waals surface area contributed by atoms with Crippen molar-refractivity contribution in [1.29, 1.82) is 0 Å². The summed E-state index contributed by atoms with van der Waals surface area (Å²) >= 11 is 0. The number of rotatable bonds is 6. The van der Waals surface area contributed by atoms with Crippen LogP contribution in [0.4, 0.5) is 10.1 Å². The quantitative estimate of drug-likeness (QED) is 0.521. The number of nitrogens with one attached hydrogen (secondary N) is 1. The largest absolute Gasteiger partial charge is 0.324 e. The highest BCUT2D eigenvalue weighted by Crippen LogP contribution is 2.26. The number of nitro groups is 1. The van der Waals surface area contributed by atoms with Gasteiger partial charge in [-0.2, -0.15) is 4.39 Å². The number of halogens is 1. The Balaban J connectivity index is 3.11. The van der Waals surface area contributed by atoms with E-state index in [0.29, 0.717) is 0 Å². The van der Waals surface area contributed by atoms with Gasteiger partial charge in [0.1, 0.15) is 0 Å². The zero-order valence-corrected chi connectivity index (χ0v) is 11.4. The summed E-state index contributed by atoms with van der Waals surface area (Å²) in [6.07, 6.45) is 0. The van der Waals surface area contributed by atoms with Crippen molar-refractivity contribution in [1.82, 2.24) is 4.72 Å². The molecule has 0 fully saturated rings. The van der Waals surface area contributed by atoms with E-state index in [1.807, 2.05) is 0 Å². The molecular weight excluding hydrogens is 317 g/mol. The van der Waals surface area contributed by atoms with Crippen molar-refractivity contribution in [2.24, 2.45) is 5.14 Å². The van der Waals surface area contributed by atoms with E-state index in [-0.39, 0.29) is 0 Å². The molecule has 0 aliphatic carbocycles. The number of nitrogens with zero attached hydrogens (tertiary/aromatic N) is 1. The van der Waals surface area contributed by atoms with Crippen molar-refractivity contribution in [2.75, 3.05) is 12.3 Å². The van der Waals surface area contributed by atoms with E-state index in [2.05, 4.69) is 5.14 Å². The summed E-state index contributed by atoms with van der Waals surface area (Å²) in [6, 6.07) is 2.55. The maximum atomic E-state index is 13.3. The van der Waals surface area contributed by atoms with Gasteiger partial charge < -0.3 is 0 Å². The third-order valence-electron chi connectivity index (χ3n) is 2.10. The first-order valence-corrected chi connectivity index (χ1v) is 8.17. The molecule has 0 bridgehead atoms. The van der Waals surface area contributed by atoms with E-state index in [4.69, 9.17) is 0 Å². The number of para-hydroxylation sites is 1. The van der Waals surface area contributed by atoms with E-state index in [9.17, 15) is 31.3 Å². The minimum Gasteiger partial charge on any atom is -0.258 e. The summed E-state index contributed by atoms with van der Waals surface area (Å²) in [7, 11) is -8.33.